The van der Waals surface area contributed by atoms with Crippen molar-refractivity contribution < 1.29 is 18.1 Å². The topological polar surface area (TPSA) is 148 Å². The summed E-state index contributed by atoms with van der Waals surface area (Å²) in [5.41, 5.74) is 0.356. The monoisotopic (exact) mass is 396 g/mol. The lowest BCUT2D eigenvalue weighted by Crippen LogP contribution is -2.40. The Kier molecular flexibility index (Phi) is 6.60. The third-order valence-corrected chi connectivity index (χ3v) is 5.12. The lowest BCUT2D eigenvalue weighted by atomic mass is 10.1. The average molecular weight is 396 g/mol. The molecule has 0 fully saturated rings. The Morgan fingerprint density at radius 1 is 1.37 bits per heavy atom. The average Bonchev–Trinajstić information content (AvgIpc) is 3.05. The van der Waals surface area contributed by atoms with Crippen LogP contribution in [0.3, 0.4) is 0 Å². The number of nitro groups is 1. The summed E-state index contributed by atoms with van der Waals surface area (Å²) in [6.45, 7) is -0.0222. The van der Waals surface area contributed by atoms with Gasteiger partial charge in [-0.2, -0.15) is 5.10 Å². The molecule has 2 rings (SSSR count). The van der Waals surface area contributed by atoms with Crippen LogP contribution in [0.15, 0.2) is 41.6 Å². The SMILES string of the molecule is CNC(C(=O)NCCNS(=O)(=O)c1cccc([N+](=O)[O-])c1)c1cnn(C)c1. The highest BCUT2D eigenvalue weighted by Gasteiger charge is 2.20. The first kappa shape index (κ1) is 20.5. The molecule has 2 aromatic rings. The van der Waals surface area contributed by atoms with Crippen LogP contribution in [0.5, 0.6) is 0 Å². The molecule has 3 N–H and O–H groups in total. The van der Waals surface area contributed by atoms with Crippen LogP contribution in [0.25, 0.3) is 0 Å². The molecule has 0 aliphatic heterocycles. The predicted molar refractivity (Wildman–Crippen MR) is 96.3 cm³/mol. The zero-order chi connectivity index (χ0) is 20.0. The van der Waals surface area contributed by atoms with Gasteiger partial charge < -0.3 is 10.6 Å². The number of aromatic nitrogens is 2. The molecule has 12 heteroatoms. The van der Waals surface area contributed by atoms with Crippen LogP contribution in [0, 0.1) is 10.1 Å². The minimum atomic E-state index is -3.92. The fourth-order valence-corrected chi connectivity index (χ4v) is 3.43. The molecule has 146 valence electrons. The van der Waals surface area contributed by atoms with Crippen molar-refractivity contribution in [1.82, 2.24) is 25.1 Å². The molecule has 0 aliphatic carbocycles. The van der Waals surface area contributed by atoms with Crippen molar-refractivity contribution in [3.63, 3.8) is 0 Å². The number of nitro benzene ring substituents is 1. The van der Waals surface area contributed by atoms with E-state index in [1.54, 1.807) is 31.2 Å². The maximum Gasteiger partial charge on any atom is 0.270 e. The van der Waals surface area contributed by atoms with Crippen LogP contribution in [0.2, 0.25) is 0 Å². The highest BCUT2D eigenvalue weighted by molar-refractivity contribution is 7.89. The highest BCUT2D eigenvalue weighted by Crippen LogP contribution is 2.17. The number of aryl methyl sites for hydroxylation is 1. The highest BCUT2D eigenvalue weighted by atomic mass is 32.2. The van der Waals surface area contributed by atoms with Gasteiger partial charge in [0.1, 0.15) is 6.04 Å². The van der Waals surface area contributed by atoms with E-state index in [-0.39, 0.29) is 29.6 Å². The van der Waals surface area contributed by atoms with Gasteiger partial charge in [0.25, 0.3) is 5.69 Å². The number of hydrogen-bond acceptors (Lipinski definition) is 7. The van der Waals surface area contributed by atoms with Crippen molar-refractivity contribution >= 4 is 21.6 Å². The second-order valence-corrected chi connectivity index (χ2v) is 7.38. The molecule has 0 aliphatic rings. The van der Waals surface area contributed by atoms with Crippen molar-refractivity contribution in [2.75, 3.05) is 20.1 Å². The maximum atomic E-state index is 12.2. The third-order valence-electron chi connectivity index (χ3n) is 3.66. The number of sulfonamides is 1. The van der Waals surface area contributed by atoms with Crippen molar-refractivity contribution in [3.05, 3.63) is 52.3 Å². The molecule has 1 aromatic heterocycles. The predicted octanol–water partition coefficient (Wildman–Crippen LogP) is -0.316. The van der Waals surface area contributed by atoms with Crippen LogP contribution >= 0.6 is 0 Å². The zero-order valence-corrected chi connectivity index (χ0v) is 15.6. The summed E-state index contributed by atoms with van der Waals surface area (Å²) in [5.74, 6) is -0.333. The van der Waals surface area contributed by atoms with E-state index in [2.05, 4.69) is 20.5 Å². The Morgan fingerprint density at radius 2 is 2.11 bits per heavy atom. The lowest BCUT2D eigenvalue weighted by Gasteiger charge is -2.14. The van der Waals surface area contributed by atoms with E-state index < -0.39 is 21.0 Å². The van der Waals surface area contributed by atoms with E-state index >= 15 is 0 Å². The van der Waals surface area contributed by atoms with Crippen LogP contribution in [-0.4, -0.2) is 49.2 Å². The number of rotatable bonds is 9. The normalized spacial score (nSPS) is 12.5. The van der Waals surface area contributed by atoms with E-state index in [1.165, 1.54) is 18.2 Å². The van der Waals surface area contributed by atoms with Crippen LogP contribution in [0.4, 0.5) is 5.69 Å². The molecule has 1 amide bonds. The molecule has 0 bridgehead atoms. The molecule has 27 heavy (non-hydrogen) atoms. The molecular formula is C15H20N6O5S. The van der Waals surface area contributed by atoms with Gasteiger partial charge in [0.15, 0.2) is 0 Å². The zero-order valence-electron chi connectivity index (χ0n) is 14.7. The van der Waals surface area contributed by atoms with E-state index in [4.69, 9.17) is 0 Å². The first-order valence-electron chi connectivity index (χ1n) is 7.92. The summed E-state index contributed by atoms with van der Waals surface area (Å²) in [6.07, 6.45) is 3.26. The van der Waals surface area contributed by atoms with Gasteiger partial charge in [-0.3, -0.25) is 19.6 Å². The van der Waals surface area contributed by atoms with E-state index in [0.29, 0.717) is 5.56 Å². The molecule has 0 saturated heterocycles. The number of nitrogens with zero attached hydrogens (tertiary/aromatic N) is 3. The summed E-state index contributed by atoms with van der Waals surface area (Å²) in [7, 11) is -0.563. The van der Waals surface area contributed by atoms with Crippen molar-refractivity contribution in [1.29, 1.82) is 0 Å². The summed E-state index contributed by atoms with van der Waals surface area (Å²) in [6, 6.07) is 4.11. The molecule has 1 atom stereocenters. The van der Waals surface area contributed by atoms with Gasteiger partial charge in [-0.25, -0.2) is 13.1 Å². The van der Waals surface area contributed by atoms with Gasteiger partial charge in [-0.05, 0) is 13.1 Å². The number of likely N-dealkylation sites (N-methyl/N-ethyl adjacent to an activating group) is 1. The van der Waals surface area contributed by atoms with Gasteiger partial charge in [0.05, 0.1) is 16.0 Å². The van der Waals surface area contributed by atoms with Crippen LogP contribution < -0.4 is 15.4 Å². The minimum Gasteiger partial charge on any atom is -0.353 e. The summed E-state index contributed by atoms with van der Waals surface area (Å²) >= 11 is 0. The van der Waals surface area contributed by atoms with E-state index in [0.717, 1.165) is 6.07 Å². The van der Waals surface area contributed by atoms with Crippen molar-refractivity contribution in [2.45, 2.75) is 10.9 Å². The van der Waals surface area contributed by atoms with Gasteiger partial charge in [0, 0.05) is 44.0 Å². The largest absolute Gasteiger partial charge is 0.353 e. The number of hydrogen-bond donors (Lipinski definition) is 3. The molecule has 11 nitrogen and oxygen atoms in total. The van der Waals surface area contributed by atoms with Crippen molar-refractivity contribution in [3.8, 4) is 0 Å². The van der Waals surface area contributed by atoms with Gasteiger partial charge >= 0.3 is 0 Å². The first-order chi connectivity index (χ1) is 12.7. The lowest BCUT2D eigenvalue weighted by molar-refractivity contribution is -0.385. The maximum absolute atomic E-state index is 12.2. The van der Waals surface area contributed by atoms with Gasteiger partial charge in [-0.15, -0.1) is 0 Å². The Labute approximate surface area is 156 Å². The third kappa shape index (κ3) is 5.32. The summed E-state index contributed by atoms with van der Waals surface area (Å²) in [5, 5.41) is 20.2. The Bertz CT molecular complexity index is 926. The number of nitrogens with one attached hydrogen (secondary N) is 3. The molecule has 1 unspecified atom stereocenters. The molecule has 0 saturated carbocycles. The standard InChI is InChI=1S/C15H20N6O5S/c1-16-14(11-9-18-20(2)10-11)15(22)17-6-7-19-27(25,26)13-5-3-4-12(8-13)21(23)24/h3-5,8-10,14,16,19H,6-7H2,1-2H3,(H,17,22). The van der Waals surface area contributed by atoms with Crippen molar-refractivity contribution in [2.24, 2.45) is 7.05 Å². The Hall–Kier alpha value is -2.83. The molecule has 1 heterocycles. The smallest absolute Gasteiger partial charge is 0.270 e. The molecule has 0 radical (unpaired) electrons. The quantitative estimate of drug-likeness (QED) is 0.299. The number of carbonyl (C=O) groups excluding carboxylic acids is 1. The fourth-order valence-electron chi connectivity index (χ4n) is 2.36. The number of non-ortho nitro benzene ring substituents is 1. The number of amides is 1. The molecular weight excluding hydrogens is 376 g/mol. The Balaban J connectivity index is 1.90. The van der Waals surface area contributed by atoms with E-state index in [1.807, 2.05) is 0 Å². The van der Waals surface area contributed by atoms with E-state index in [9.17, 15) is 23.3 Å². The summed E-state index contributed by atoms with van der Waals surface area (Å²) < 4.78 is 28.3. The Morgan fingerprint density at radius 3 is 2.70 bits per heavy atom. The minimum absolute atomic E-state index is 0.0471. The number of benzene rings is 1. The van der Waals surface area contributed by atoms with Gasteiger partial charge in [-0.1, -0.05) is 6.07 Å². The second-order valence-electron chi connectivity index (χ2n) is 5.61. The summed E-state index contributed by atoms with van der Waals surface area (Å²) in [4.78, 5) is 22.1. The number of carbonyl (C=O) groups is 1. The van der Waals surface area contributed by atoms with Crippen LogP contribution in [0.1, 0.15) is 11.6 Å². The molecule has 1 aromatic carbocycles. The van der Waals surface area contributed by atoms with Crippen LogP contribution in [-0.2, 0) is 21.9 Å². The first-order valence-corrected chi connectivity index (χ1v) is 9.40. The second kappa shape index (κ2) is 8.70. The fraction of sp³-hybridized carbons (Fsp3) is 0.333. The van der Waals surface area contributed by atoms with Gasteiger partial charge in [0.2, 0.25) is 15.9 Å². The molecule has 0 spiro atoms.